The van der Waals surface area contributed by atoms with Gasteiger partial charge in [-0.1, -0.05) is 37.3 Å². The van der Waals surface area contributed by atoms with Crippen molar-refractivity contribution >= 4 is 11.6 Å². The molecule has 0 radical (unpaired) electrons. The first-order valence-electron chi connectivity index (χ1n) is 6.28. The Balaban J connectivity index is 2.01. The number of rotatable bonds is 3. The van der Waals surface area contributed by atoms with Crippen LogP contribution in [0.15, 0.2) is 30.3 Å². The zero-order valence-corrected chi connectivity index (χ0v) is 10.2. The SMILES string of the molecule is C[C@H]1CCC(=O)[C@@H](CC(=O)c2ccccc2)C1. The van der Waals surface area contributed by atoms with Gasteiger partial charge in [0.1, 0.15) is 5.78 Å². The highest BCUT2D eigenvalue weighted by Gasteiger charge is 2.28. The van der Waals surface area contributed by atoms with E-state index in [1.54, 1.807) is 0 Å². The van der Waals surface area contributed by atoms with E-state index in [2.05, 4.69) is 6.92 Å². The number of Topliss-reactive ketones (excluding diaryl/α,β-unsaturated/α-hetero) is 2. The standard InChI is InChI=1S/C15H18O2/c1-11-7-8-14(16)13(9-11)10-15(17)12-5-3-2-4-6-12/h2-6,11,13H,7-10H2,1H3/t11-,13+/m0/s1. The minimum absolute atomic E-state index is 0.0496. The van der Waals surface area contributed by atoms with E-state index in [0.717, 1.165) is 18.4 Å². The van der Waals surface area contributed by atoms with Crippen LogP contribution in [0.25, 0.3) is 0 Å². The molecule has 1 fully saturated rings. The summed E-state index contributed by atoms with van der Waals surface area (Å²) in [7, 11) is 0. The van der Waals surface area contributed by atoms with Gasteiger partial charge < -0.3 is 0 Å². The molecule has 1 aromatic carbocycles. The summed E-state index contributed by atoms with van der Waals surface area (Å²) < 4.78 is 0. The normalized spacial score (nSPS) is 24.6. The summed E-state index contributed by atoms with van der Waals surface area (Å²) >= 11 is 0. The van der Waals surface area contributed by atoms with Crippen molar-refractivity contribution in [2.24, 2.45) is 11.8 Å². The summed E-state index contributed by atoms with van der Waals surface area (Å²) in [6.45, 7) is 2.16. The minimum atomic E-state index is -0.0496. The van der Waals surface area contributed by atoms with E-state index in [-0.39, 0.29) is 17.5 Å². The first-order chi connectivity index (χ1) is 8.16. The van der Waals surface area contributed by atoms with E-state index in [1.165, 1.54) is 0 Å². The quantitative estimate of drug-likeness (QED) is 0.747. The van der Waals surface area contributed by atoms with Crippen LogP contribution in [-0.2, 0) is 4.79 Å². The van der Waals surface area contributed by atoms with Crippen molar-refractivity contribution in [2.45, 2.75) is 32.6 Å². The predicted molar refractivity (Wildman–Crippen MR) is 66.9 cm³/mol. The fourth-order valence-corrected chi connectivity index (χ4v) is 2.49. The average molecular weight is 230 g/mol. The van der Waals surface area contributed by atoms with Gasteiger partial charge in [-0.05, 0) is 18.8 Å². The maximum absolute atomic E-state index is 12.0. The molecule has 2 nitrogen and oxygen atoms in total. The molecule has 0 aromatic heterocycles. The van der Waals surface area contributed by atoms with Crippen LogP contribution in [0.4, 0.5) is 0 Å². The second-order valence-electron chi connectivity index (χ2n) is 5.04. The van der Waals surface area contributed by atoms with Gasteiger partial charge in [0.05, 0.1) is 0 Å². The maximum Gasteiger partial charge on any atom is 0.163 e. The van der Waals surface area contributed by atoms with Crippen LogP contribution in [0, 0.1) is 11.8 Å². The average Bonchev–Trinajstić information content (AvgIpc) is 2.35. The molecule has 1 saturated carbocycles. The Morgan fingerprint density at radius 1 is 1.29 bits per heavy atom. The van der Waals surface area contributed by atoms with Crippen LogP contribution in [0.3, 0.4) is 0 Å². The Labute approximate surface area is 102 Å². The second kappa shape index (κ2) is 5.26. The third kappa shape index (κ3) is 3.02. The van der Waals surface area contributed by atoms with E-state index in [4.69, 9.17) is 0 Å². The lowest BCUT2D eigenvalue weighted by atomic mass is 9.78. The highest BCUT2D eigenvalue weighted by atomic mass is 16.1. The Morgan fingerprint density at radius 3 is 2.71 bits per heavy atom. The highest BCUT2D eigenvalue weighted by molar-refractivity contribution is 5.98. The Morgan fingerprint density at radius 2 is 2.00 bits per heavy atom. The molecule has 0 N–H and O–H groups in total. The molecule has 0 spiro atoms. The smallest absolute Gasteiger partial charge is 0.163 e. The zero-order chi connectivity index (χ0) is 12.3. The highest BCUT2D eigenvalue weighted by Crippen LogP contribution is 2.29. The monoisotopic (exact) mass is 230 g/mol. The van der Waals surface area contributed by atoms with Crippen molar-refractivity contribution in [2.75, 3.05) is 0 Å². The number of hydrogen-bond acceptors (Lipinski definition) is 2. The van der Waals surface area contributed by atoms with E-state index >= 15 is 0 Å². The molecule has 1 aliphatic rings. The molecule has 0 aliphatic heterocycles. The Hall–Kier alpha value is -1.44. The molecule has 90 valence electrons. The maximum atomic E-state index is 12.0. The number of hydrogen-bond donors (Lipinski definition) is 0. The molecule has 0 amide bonds. The van der Waals surface area contributed by atoms with Gasteiger partial charge in [0, 0.05) is 24.3 Å². The summed E-state index contributed by atoms with van der Waals surface area (Å²) in [5.74, 6) is 0.887. The fourth-order valence-electron chi connectivity index (χ4n) is 2.49. The largest absolute Gasteiger partial charge is 0.299 e. The summed E-state index contributed by atoms with van der Waals surface area (Å²) in [4.78, 5) is 23.8. The van der Waals surface area contributed by atoms with Gasteiger partial charge >= 0.3 is 0 Å². The number of ketones is 2. The van der Waals surface area contributed by atoms with E-state index in [1.807, 2.05) is 30.3 Å². The van der Waals surface area contributed by atoms with E-state index < -0.39 is 0 Å². The number of carbonyl (C=O) groups is 2. The van der Waals surface area contributed by atoms with Gasteiger partial charge in [-0.2, -0.15) is 0 Å². The van der Waals surface area contributed by atoms with Gasteiger partial charge in [-0.15, -0.1) is 0 Å². The number of benzene rings is 1. The van der Waals surface area contributed by atoms with Crippen LogP contribution >= 0.6 is 0 Å². The Kier molecular flexibility index (Phi) is 3.72. The fraction of sp³-hybridized carbons (Fsp3) is 0.467. The molecule has 17 heavy (non-hydrogen) atoms. The van der Waals surface area contributed by atoms with Crippen LogP contribution in [0.1, 0.15) is 43.0 Å². The molecule has 0 heterocycles. The Bertz CT molecular complexity index is 408. The van der Waals surface area contributed by atoms with Gasteiger partial charge in [0.15, 0.2) is 5.78 Å². The first kappa shape index (κ1) is 12.0. The summed E-state index contributed by atoms with van der Waals surface area (Å²) in [5, 5.41) is 0. The topological polar surface area (TPSA) is 34.1 Å². The van der Waals surface area contributed by atoms with Gasteiger partial charge in [0.2, 0.25) is 0 Å². The summed E-state index contributed by atoms with van der Waals surface area (Å²) in [5.41, 5.74) is 0.721. The van der Waals surface area contributed by atoms with Crippen molar-refractivity contribution in [1.82, 2.24) is 0 Å². The van der Waals surface area contributed by atoms with Crippen LogP contribution in [0.5, 0.6) is 0 Å². The molecule has 2 heteroatoms. The van der Waals surface area contributed by atoms with Crippen molar-refractivity contribution in [1.29, 1.82) is 0 Å². The van der Waals surface area contributed by atoms with Gasteiger partial charge in [-0.25, -0.2) is 0 Å². The van der Waals surface area contributed by atoms with Gasteiger partial charge in [0.25, 0.3) is 0 Å². The third-order valence-electron chi connectivity index (χ3n) is 3.55. The van der Waals surface area contributed by atoms with Gasteiger partial charge in [-0.3, -0.25) is 9.59 Å². The lowest BCUT2D eigenvalue weighted by Gasteiger charge is -2.24. The molecular weight excluding hydrogens is 212 g/mol. The zero-order valence-electron chi connectivity index (χ0n) is 10.2. The van der Waals surface area contributed by atoms with Crippen LogP contribution in [0.2, 0.25) is 0 Å². The number of carbonyl (C=O) groups excluding carboxylic acids is 2. The van der Waals surface area contributed by atoms with Crippen molar-refractivity contribution < 1.29 is 9.59 Å². The molecule has 0 unspecified atom stereocenters. The molecule has 2 rings (SSSR count). The molecule has 1 aromatic rings. The lowest BCUT2D eigenvalue weighted by Crippen LogP contribution is -2.25. The molecular formula is C15H18O2. The predicted octanol–water partition coefficient (Wildman–Crippen LogP) is 3.26. The third-order valence-corrected chi connectivity index (χ3v) is 3.55. The van der Waals surface area contributed by atoms with Crippen molar-refractivity contribution in [3.8, 4) is 0 Å². The molecule has 2 atom stereocenters. The first-order valence-corrected chi connectivity index (χ1v) is 6.28. The van der Waals surface area contributed by atoms with E-state index in [9.17, 15) is 9.59 Å². The van der Waals surface area contributed by atoms with E-state index in [0.29, 0.717) is 18.8 Å². The summed E-state index contributed by atoms with van der Waals surface area (Å²) in [6, 6.07) is 9.25. The second-order valence-corrected chi connectivity index (χ2v) is 5.04. The molecule has 1 aliphatic carbocycles. The summed E-state index contributed by atoms with van der Waals surface area (Å²) in [6.07, 6.45) is 2.88. The lowest BCUT2D eigenvalue weighted by molar-refractivity contribution is -0.125. The molecule has 0 bridgehead atoms. The van der Waals surface area contributed by atoms with Crippen LogP contribution in [-0.4, -0.2) is 11.6 Å². The minimum Gasteiger partial charge on any atom is -0.299 e. The van der Waals surface area contributed by atoms with Crippen LogP contribution < -0.4 is 0 Å². The molecule has 0 saturated heterocycles. The van der Waals surface area contributed by atoms with Crippen molar-refractivity contribution in [3.63, 3.8) is 0 Å². The van der Waals surface area contributed by atoms with Crippen molar-refractivity contribution in [3.05, 3.63) is 35.9 Å².